The summed E-state index contributed by atoms with van der Waals surface area (Å²) < 4.78 is 4.52. The Morgan fingerprint density at radius 2 is 2.12 bits per heavy atom. The molecule has 6 nitrogen and oxygen atoms in total. The Morgan fingerprint density at radius 3 is 2.65 bits per heavy atom. The highest BCUT2D eigenvalue weighted by atomic mass is 32.1. The number of thiazole rings is 1. The number of hydrogen-bond donors (Lipinski definition) is 1. The molecule has 92 valence electrons. The topological polar surface area (TPSA) is 91.0 Å². The molecule has 0 aliphatic heterocycles. The molecule has 2 N–H and O–H groups in total. The molecular weight excluding hydrogens is 260 g/mol. The van der Waals surface area contributed by atoms with Crippen molar-refractivity contribution in [2.75, 3.05) is 12.8 Å². The standard InChI is InChI=1S/C7H6N4O2S2.C2H6/c1-13-6(12)5-11-10-4(15-5)3-2-14-7(8)9-3;1-2/h2H,1H3,(H2,8,9);1-2H3. The predicted octanol–water partition coefficient (Wildman–Crippen LogP) is 2.06. The number of ether oxygens (including phenoxy) is 1. The van der Waals surface area contributed by atoms with Crippen LogP contribution in [0, 0.1) is 0 Å². The van der Waals surface area contributed by atoms with Gasteiger partial charge in [0.25, 0.3) is 0 Å². The summed E-state index contributed by atoms with van der Waals surface area (Å²) in [5, 5.41) is 10.5. The van der Waals surface area contributed by atoms with Crippen LogP contribution in [0.5, 0.6) is 0 Å². The third-order valence-corrected chi connectivity index (χ3v) is 3.13. The summed E-state index contributed by atoms with van der Waals surface area (Å²) in [5.74, 6) is -0.498. The fourth-order valence-electron chi connectivity index (χ4n) is 0.882. The number of carbonyl (C=O) groups excluding carboxylic acids is 1. The molecule has 0 unspecified atom stereocenters. The van der Waals surface area contributed by atoms with Crippen molar-refractivity contribution in [1.82, 2.24) is 15.2 Å². The van der Waals surface area contributed by atoms with E-state index in [1.54, 1.807) is 5.38 Å². The first-order valence-corrected chi connectivity index (χ1v) is 6.53. The average molecular weight is 272 g/mol. The highest BCUT2D eigenvalue weighted by molar-refractivity contribution is 7.17. The van der Waals surface area contributed by atoms with Gasteiger partial charge in [0, 0.05) is 5.38 Å². The van der Waals surface area contributed by atoms with E-state index in [0.717, 1.165) is 11.3 Å². The van der Waals surface area contributed by atoms with E-state index in [9.17, 15) is 4.79 Å². The first-order chi connectivity index (χ1) is 8.20. The molecule has 0 spiro atoms. The number of hydrogen-bond acceptors (Lipinski definition) is 8. The van der Waals surface area contributed by atoms with Gasteiger partial charge in [-0.25, -0.2) is 9.78 Å². The minimum Gasteiger partial charge on any atom is -0.464 e. The van der Waals surface area contributed by atoms with Crippen molar-refractivity contribution >= 4 is 33.8 Å². The molecule has 8 heteroatoms. The van der Waals surface area contributed by atoms with Crippen LogP contribution < -0.4 is 5.73 Å². The van der Waals surface area contributed by atoms with Crippen molar-refractivity contribution in [1.29, 1.82) is 0 Å². The third kappa shape index (κ3) is 3.21. The highest BCUT2D eigenvalue weighted by Crippen LogP contribution is 2.26. The van der Waals surface area contributed by atoms with Gasteiger partial charge in [0.2, 0.25) is 5.01 Å². The van der Waals surface area contributed by atoms with Gasteiger partial charge in [-0.15, -0.1) is 21.5 Å². The van der Waals surface area contributed by atoms with Gasteiger partial charge in [-0.1, -0.05) is 25.2 Å². The SMILES string of the molecule is CC.COC(=O)c1nnc(-c2csc(N)n2)s1. The number of carbonyl (C=O) groups is 1. The maximum absolute atomic E-state index is 11.1. The lowest BCUT2D eigenvalue weighted by Gasteiger charge is -1.88. The second kappa shape index (κ2) is 6.26. The minimum absolute atomic E-state index is 0.207. The molecule has 0 fully saturated rings. The van der Waals surface area contributed by atoms with Crippen molar-refractivity contribution in [3.05, 3.63) is 10.4 Å². The van der Waals surface area contributed by atoms with Crippen LogP contribution in [0.3, 0.4) is 0 Å². The average Bonchev–Trinajstić information content (AvgIpc) is 2.99. The van der Waals surface area contributed by atoms with Crippen LogP contribution in [0.4, 0.5) is 5.13 Å². The first kappa shape index (κ1) is 13.5. The molecular formula is C9H12N4O2S2. The van der Waals surface area contributed by atoms with Gasteiger partial charge in [0.05, 0.1) is 7.11 Å². The van der Waals surface area contributed by atoms with E-state index in [1.165, 1.54) is 18.4 Å². The van der Waals surface area contributed by atoms with Crippen LogP contribution in [0.25, 0.3) is 10.7 Å². The number of aromatic nitrogens is 3. The van der Waals surface area contributed by atoms with Crippen LogP contribution in [0.2, 0.25) is 0 Å². The number of anilines is 1. The van der Waals surface area contributed by atoms with Crippen LogP contribution in [-0.2, 0) is 4.74 Å². The van der Waals surface area contributed by atoms with E-state index in [2.05, 4.69) is 19.9 Å². The molecule has 17 heavy (non-hydrogen) atoms. The lowest BCUT2D eigenvalue weighted by molar-refractivity contribution is 0.0599. The Hall–Kier alpha value is -1.54. The molecule has 0 saturated heterocycles. The van der Waals surface area contributed by atoms with Crippen LogP contribution in [0.1, 0.15) is 23.6 Å². The molecule has 2 aromatic heterocycles. The zero-order valence-electron chi connectivity index (χ0n) is 9.63. The number of nitrogen functional groups attached to an aromatic ring is 1. The molecule has 0 aliphatic carbocycles. The Labute approximate surface area is 106 Å². The molecule has 0 amide bonds. The number of esters is 1. The second-order valence-corrected chi connectivity index (χ2v) is 4.34. The number of nitrogens with zero attached hydrogens (tertiary/aromatic N) is 3. The van der Waals surface area contributed by atoms with Gasteiger partial charge in [0.1, 0.15) is 5.69 Å². The Morgan fingerprint density at radius 1 is 1.41 bits per heavy atom. The summed E-state index contributed by atoms with van der Waals surface area (Å²) in [6.07, 6.45) is 0. The summed E-state index contributed by atoms with van der Waals surface area (Å²) in [6.45, 7) is 4.00. The van der Waals surface area contributed by atoms with Gasteiger partial charge in [-0.2, -0.15) is 0 Å². The predicted molar refractivity (Wildman–Crippen MR) is 68.1 cm³/mol. The largest absolute Gasteiger partial charge is 0.464 e. The zero-order chi connectivity index (χ0) is 12.8. The van der Waals surface area contributed by atoms with E-state index < -0.39 is 5.97 Å². The fraction of sp³-hybridized carbons (Fsp3) is 0.333. The molecule has 2 rings (SSSR count). The maximum Gasteiger partial charge on any atom is 0.369 e. The van der Waals surface area contributed by atoms with Crippen LogP contribution in [0.15, 0.2) is 5.38 Å². The van der Waals surface area contributed by atoms with Gasteiger partial charge < -0.3 is 10.5 Å². The smallest absolute Gasteiger partial charge is 0.369 e. The summed E-state index contributed by atoms with van der Waals surface area (Å²) in [6, 6.07) is 0. The van der Waals surface area contributed by atoms with Crippen molar-refractivity contribution in [2.45, 2.75) is 13.8 Å². The Kier molecular flexibility index (Phi) is 4.98. The Bertz CT molecular complexity index is 495. The second-order valence-electron chi connectivity index (χ2n) is 2.47. The van der Waals surface area contributed by atoms with Crippen molar-refractivity contribution in [3.63, 3.8) is 0 Å². The number of rotatable bonds is 2. The molecule has 0 aromatic carbocycles. The van der Waals surface area contributed by atoms with Gasteiger partial charge >= 0.3 is 5.97 Å². The van der Waals surface area contributed by atoms with Crippen molar-refractivity contribution in [2.24, 2.45) is 0 Å². The molecule has 0 aliphatic rings. The quantitative estimate of drug-likeness (QED) is 0.841. The van der Waals surface area contributed by atoms with Crippen molar-refractivity contribution < 1.29 is 9.53 Å². The van der Waals surface area contributed by atoms with Gasteiger partial charge in [-0.3, -0.25) is 0 Å². The number of methoxy groups -OCH3 is 1. The van der Waals surface area contributed by atoms with E-state index in [4.69, 9.17) is 5.73 Å². The summed E-state index contributed by atoms with van der Waals surface area (Å²) in [4.78, 5) is 15.1. The van der Waals surface area contributed by atoms with Crippen molar-refractivity contribution in [3.8, 4) is 10.7 Å². The Balaban J connectivity index is 0.000000686. The monoisotopic (exact) mass is 272 g/mol. The molecule has 0 saturated carbocycles. The molecule has 0 bridgehead atoms. The van der Waals surface area contributed by atoms with E-state index >= 15 is 0 Å². The summed E-state index contributed by atoms with van der Waals surface area (Å²) in [7, 11) is 1.30. The maximum atomic E-state index is 11.1. The number of nitrogens with two attached hydrogens (primary N) is 1. The van der Waals surface area contributed by atoms with Crippen LogP contribution >= 0.6 is 22.7 Å². The van der Waals surface area contributed by atoms with E-state index in [1.807, 2.05) is 13.8 Å². The zero-order valence-corrected chi connectivity index (χ0v) is 11.3. The van der Waals surface area contributed by atoms with Gasteiger partial charge in [-0.05, 0) is 0 Å². The molecule has 0 radical (unpaired) electrons. The minimum atomic E-state index is -0.498. The fourth-order valence-corrected chi connectivity index (χ4v) is 2.23. The lowest BCUT2D eigenvalue weighted by atomic mass is 10.5. The molecule has 2 aromatic rings. The third-order valence-electron chi connectivity index (χ3n) is 1.53. The van der Waals surface area contributed by atoms with Gasteiger partial charge in [0.15, 0.2) is 10.1 Å². The lowest BCUT2D eigenvalue weighted by Crippen LogP contribution is -1.99. The van der Waals surface area contributed by atoms with E-state index in [-0.39, 0.29) is 5.01 Å². The molecule has 0 atom stereocenters. The summed E-state index contributed by atoms with van der Waals surface area (Å²) in [5.41, 5.74) is 6.11. The van der Waals surface area contributed by atoms with Crippen LogP contribution in [-0.4, -0.2) is 28.3 Å². The molecule has 2 heterocycles. The highest BCUT2D eigenvalue weighted by Gasteiger charge is 2.15. The normalized spacial score (nSPS) is 9.35. The van der Waals surface area contributed by atoms with E-state index in [0.29, 0.717) is 15.8 Å². The summed E-state index contributed by atoms with van der Waals surface area (Å²) >= 11 is 2.44. The first-order valence-electron chi connectivity index (χ1n) is 4.84.